The van der Waals surface area contributed by atoms with Gasteiger partial charge in [-0.05, 0) is 74.0 Å². The summed E-state index contributed by atoms with van der Waals surface area (Å²) in [5, 5.41) is 10.7. The number of hydrogen-bond donors (Lipinski definition) is 1. The van der Waals surface area contributed by atoms with Crippen molar-refractivity contribution in [1.82, 2.24) is 0 Å². The van der Waals surface area contributed by atoms with Gasteiger partial charge in [-0.3, -0.25) is 4.79 Å². The van der Waals surface area contributed by atoms with Crippen molar-refractivity contribution in [3.8, 4) is 0 Å². The van der Waals surface area contributed by atoms with Crippen LogP contribution in [0.3, 0.4) is 0 Å². The molecule has 0 radical (unpaired) electrons. The van der Waals surface area contributed by atoms with Crippen molar-refractivity contribution in [2.45, 2.75) is 104 Å². The van der Waals surface area contributed by atoms with Gasteiger partial charge < -0.3 is 9.84 Å². The van der Waals surface area contributed by atoms with Gasteiger partial charge in [-0.25, -0.2) is 0 Å². The molecule has 8 atom stereocenters. The van der Waals surface area contributed by atoms with Crippen molar-refractivity contribution in [1.29, 1.82) is 0 Å². The van der Waals surface area contributed by atoms with Crippen LogP contribution in [0.15, 0.2) is 0 Å². The lowest BCUT2D eigenvalue weighted by molar-refractivity contribution is -0.208. The highest BCUT2D eigenvalue weighted by Crippen LogP contribution is 2.65. The number of esters is 1. The van der Waals surface area contributed by atoms with Gasteiger partial charge in [-0.1, -0.05) is 40.0 Å². The van der Waals surface area contributed by atoms with E-state index in [4.69, 9.17) is 4.74 Å². The molecule has 148 valence electrons. The molecular weight excluding hydrogens is 324 g/mol. The summed E-state index contributed by atoms with van der Waals surface area (Å²) in [6.45, 7) is 7.04. The normalized spacial score (nSPS) is 50.5. The molecule has 1 aliphatic heterocycles. The molecule has 1 heterocycles. The summed E-state index contributed by atoms with van der Waals surface area (Å²) in [4.78, 5) is 12.1. The van der Waals surface area contributed by atoms with Crippen LogP contribution in [-0.2, 0) is 9.53 Å². The van der Waals surface area contributed by atoms with Gasteiger partial charge >= 0.3 is 5.97 Å². The van der Waals surface area contributed by atoms with Gasteiger partial charge in [-0.2, -0.15) is 0 Å². The van der Waals surface area contributed by atoms with Crippen LogP contribution in [-0.4, -0.2) is 23.3 Å². The second-order valence-electron chi connectivity index (χ2n) is 10.4. The molecule has 0 aromatic carbocycles. The molecule has 0 bridgehead atoms. The van der Waals surface area contributed by atoms with E-state index in [1.807, 2.05) is 0 Å². The van der Waals surface area contributed by atoms with Crippen LogP contribution in [0.1, 0.15) is 91.4 Å². The van der Waals surface area contributed by atoms with Gasteiger partial charge in [0.15, 0.2) is 0 Å². The second kappa shape index (κ2) is 6.79. The van der Waals surface area contributed by atoms with Crippen LogP contribution in [0.25, 0.3) is 0 Å². The molecule has 0 amide bonds. The monoisotopic (exact) mass is 362 g/mol. The molecule has 0 spiro atoms. The Balaban J connectivity index is 1.63. The quantitative estimate of drug-likeness (QED) is 0.559. The number of carbonyl (C=O) groups is 1. The highest BCUT2D eigenvalue weighted by molar-refractivity contribution is 5.70. The van der Waals surface area contributed by atoms with Crippen molar-refractivity contribution < 1.29 is 14.6 Å². The Morgan fingerprint density at radius 3 is 2.62 bits per heavy atom. The third kappa shape index (κ3) is 2.75. The maximum absolute atomic E-state index is 12.1. The lowest BCUT2D eigenvalue weighted by atomic mass is 9.46. The number of ether oxygens (including phenoxy) is 1. The van der Waals surface area contributed by atoms with E-state index in [1.54, 1.807) is 0 Å². The van der Waals surface area contributed by atoms with Gasteiger partial charge in [0.1, 0.15) is 6.10 Å². The maximum Gasteiger partial charge on any atom is 0.306 e. The van der Waals surface area contributed by atoms with Crippen molar-refractivity contribution in [2.75, 3.05) is 0 Å². The fourth-order valence-electron chi connectivity index (χ4n) is 7.69. The number of aliphatic hydroxyl groups is 1. The SMILES string of the molecule is CCCCCC1CC2C3CCC(O)C3(C)CCC2C2(C)CCC(=O)OC12. The Labute approximate surface area is 159 Å². The number of carbonyl (C=O) groups excluding carboxylic acids is 1. The van der Waals surface area contributed by atoms with E-state index in [9.17, 15) is 9.90 Å². The molecule has 4 rings (SSSR count). The first-order chi connectivity index (χ1) is 12.4. The highest BCUT2D eigenvalue weighted by Gasteiger charge is 2.62. The molecule has 8 unspecified atom stereocenters. The minimum absolute atomic E-state index is 0.0309. The summed E-state index contributed by atoms with van der Waals surface area (Å²) in [7, 11) is 0. The fourth-order valence-corrected chi connectivity index (χ4v) is 7.69. The largest absolute Gasteiger partial charge is 0.461 e. The molecule has 1 N–H and O–H groups in total. The smallest absolute Gasteiger partial charge is 0.306 e. The van der Waals surface area contributed by atoms with Crippen LogP contribution in [0.5, 0.6) is 0 Å². The number of aliphatic hydroxyl groups excluding tert-OH is 1. The molecule has 1 saturated heterocycles. The van der Waals surface area contributed by atoms with E-state index in [0.29, 0.717) is 24.2 Å². The Bertz CT molecular complexity index is 546. The van der Waals surface area contributed by atoms with Crippen molar-refractivity contribution in [3.05, 3.63) is 0 Å². The molecule has 0 aromatic rings. The third-order valence-corrected chi connectivity index (χ3v) is 9.19. The lowest BCUT2D eigenvalue weighted by Crippen LogP contribution is -2.59. The van der Waals surface area contributed by atoms with Crippen molar-refractivity contribution in [2.24, 2.45) is 34.5 Å². The third-order valence-electron chi connectivity index (χ3n) is 9.19. The van der Waals surface area contributed by atoms with Gasteiger partial charge in [0.25, 0.3) is 0 Å². The summed E-state index contributed by atoms with van der Waals surface area (Å²) in [6.07, 6.45) is 12.4. The molecule has 4 fully saturated rings. The van der Waals surface area contributed by atoms with Crippen LogP contribution in [0.2, 0.25) is 0 Å². The van der Waals surface area contributed by atoms with E-state index in [1.165, 1.54) is 44.9 Å². The van der Waals surface area contributed by atoms with Crippen molar-refractivity contribution in [3.63, 3.8) is 0 Å². The minimum atomic E-state index is -0.110. The summed E-state index contributed by atoms with van der Waals surface area (Å²) in [5.41, 5.74) is 0.284. The van der Waals surface area contributed by atoms with E-state index in [0.717, 1.165) is 25.2 Å². The molecule has 3 nitrogen and oxygen atoms in total. The Kier molecular flexibility index (Phi) is 4.91. The predicted molar refractivity (Wildman–Crippen MR) is 103 cm³/mol. The van der Waals surface area contributed by atoms with E-state index in [2.05, 4.69) is 20.8 Å². The predicted octanol–water partition coefficient (Wildman–Crippen LogP) is 5.10. The summed E-state index contributed by atoms with van der Waals surface area (Å²) in [6, 6.07) is 0. The van der Waals surface area contributed by atoms with E-state index < -0.39 is 0 Å². The Hall–Kier alpha value is -0.570. The molecule has 26 heavy (non-hydrogen) atoms. The Morgan fingerprint density at radius 2 is 1.85 bits per heavy atom. The fraction of sp³-hybridized carbons (Fsp3) is 0.957. The van der Waals surface area contributed by atoms with Crippen LogP contribution in [0, 0.1) is 34.5 Å². The average molecular weight is 363 g/mol. The maximum atomic E-state index is 12.1. The Morgan fingerprint density at radius 1 is 1.08 bits per heavy atom. The number of fused-ring (bicyclic) bond motifs is 5. The number of rotatable bonds is 4. The lowest BCUT2D eigenvalue weighted by Gasteiger charge is -2.61. The second-order valence-corrected chi connectivity index (χ2v) is 10.4. The molecule has 3 aliphatic carbocycles. The zero-order chi connectivity index (χ0) is 18.5. The van der Waals surface area contributed by atoms with E-state index >= 15 is 0 Å². The van der Waals surface area contributed by atoms with Crippen LogP contribution < -0.4 is 0 Å². The van der Waals surface area contributed by atoms with Gasteiger partial charge in [0, 0.05) is 11.8 Å². The van der Waals surface area contributed by atoms with E-state index in [-0.39, 0.29) is 29.0 Å². The summed E-state index contributed by atoms with van der Waals surface area (Å²) < 4.78 is 6.05. The van der Waals surface area contributed by atoms with Gasteiger partial charge in [0.05, 0.1) is 6.10 Å². The number of unbranched alkanes of at least 4 members (excludes halogenated alkanes) is 2. The summed E-state index contributed by atoms with van der Waals surface area (Å²) >= 11 is 0. The molecule has 3 saturated carbocycles. The van der Waals surface area contributed by atoms with Crippen molar-refractivity contribution >= 4 is 5.97 Å². The molecule has 3 heteroatoms. The molecule has 0 aromatic heterocycles. The number of hydrogen-bond acceptors (Lipinski definition) is 3. The average Bonchev–Trinajstić information content (AvgIpc) is 2.92. The van der Waals surface area contributed by atoms with Gasteiger partial charge in [-0.15, -0.1) is 0 Å². The molecular formula is C23H38O3. The summed E-state index contributed by atoms with van der Waals surface area (Å²) in [5.74, 6) is 2.61. The minimum Gasteiger partial charge on any atom is -0.461 e. The first-order valence-corrected chi connectivity index (χ1v) is 11.3. The highest BCUT2D eigenvalue weighted by atomic mass is 16.5. The molecule has 4 aliphatic rings. The standard InChI is InChI=1S/C23H38O3/c1-4-5-6-7-15-14-16-17-8-9-19(24)22(17,2)12-10-18(16)23(3)13-11-20(25)26-21(15)23/h15-19,21,24H,4-14H2,1-3H3. The van der Waals surface area contributed by atoms with Crippen LogP contribution >= 0.6 is 0 Å². The zero-order valence-corrected chi connectivity index (χ0v) is 17.0. The first-order valence-electron chi connectivity index (χ1n) is 11.3. The van der Waals surface area contributed by atoms with Crippen LogP contribution in [0.4, 0.5) is 0 Å². The topological polar surface area (TPSA) is 46.5 Å². The van der Waals surface area contributed by atoms with Gasteiger partial charge in [0.2, 0.25) is 0 Å². The zero-order valence-electron chi connectivity index (χ0n) is 17.0. The first kappa shape index (κ1) is 18.8.